The van der Waals surface area contributed by atoms with E-state index in [1.54, 1.807) is 24.3 Å². The quantitative estimate of drug-likeness (QED) is 0.752. The van der Waals surface area contributed by atoms with Gasteiger partial charge in [0.05, 0.1) is 0 Å². The number of amides is 1. The number of benzene rings is 1. The number of nitrogens with zero attached hydrogens (tertiary/aromatic N) is 2. The van der Waals surface area contributed by atoms with Crippen molar-refractivity contribution in [2.24, 2.45) is 5.92 Å². The fourth-order valence-electron chi connectivity index (χ4n) is 2.06. The summed E-state index contributed by atoms with van der Waals surface area (Å²) in [6, 6.07) is 5.82. The van der Waals surface area contributed by atoms with E-state index < -0.39 is 17.9 Å². The first-order chi connectivity index (χ1) is 10.5. The topological polar surface area (TPSA) is 108 Å². The van der Waals surface area contributed by atoms with E-state index in [2.05, 4.69) is 20.5 Å². The van der Waals surface area contributed by atoms with Crippen LogP contribution in [-0.4, -0.2) is 38.2 Å². The monoisotopic (exact) mass is 302 g/mol. The molecule has 0 saturated carbocycles. The number of hydrogen-bond donors (Lipinski definition) is 3. The summed E-state index contributed by atoms with van der Waals surface area (Å²) in [7, 11) is 0. The third kappa shape index (κ3) is 3.91. The predicted molar refractivity (Wildman–Crippen MR) is 80.2 cm³/mol. The summed E-state index contributed by atoms with van der Waals surface area (Å²) in [4.78, 5) is 27.3. The number of carboxylic acids is 1. The molecule has 2 aromatic rings. The number of aliphatic carboxylic acids is 1. The van der Waals surface area contributed by atoms with E-state index in [9.17, 15) is 9.59 Å². The molecule has 0 aliphatic rings. The number of aromatic amines is 1. The van der Waals surface area contributed by atoms with Gasteiger partial charge in [0.2, 0.25) is 0 Å². The average Bonchev–Trinajstić information content (AvgIpc) is 3.00. The van der Waals surface area contributed by atoms with Gasteiger partial charge in [0.15, 0.2) is 5.82 Å². The van der Waals surface area contributed by atoms with Crippen molar-refractivity contribution >= 4 is 11.9 Å². The lowest BCUT2D eigenvalue weighted by Crippen LogP contribution is -2.41. The zero-order chi connectivity index (χ0) is 16.1. The number of nitrogens with one attached hydrogen (secondary N) is 2. The minimum atomic E-state index is -1.03. The second-order valence-electron chi connectivity index (χ2n) is 5.41. The number of carbonyl (C=O) groups excluding carboxylic acids is 1. The van der Waals surface area contributed by atoms with Gasteiger partial charge in [0, 0.05) is 11.1 Å². The highest BCUT2D eigenvalue weighted by Gasteiger charge is 2.21. The van der Waals surface area contributed by atoms with Crippen molar-refractivity contribution < 1.29 is 14.7 Å². The Hall–Kier alpha value is -2.70. The van der Waals surface area contributed by atoms with Gasteiger partial charge in [0.1, 0.15) is 12.4 Å². The summed E-state index contributed by atoms with van der Waals surface area (Å²) >= 11 is 0. The molecule has 0 aliphatic heterocycles. The van der Waals surface area contributed by atoms with Crippen LogP contribution in [0.1, 0.15) is 30.6 Å². The van der Waals surface area contributed by atoms with Crippen molar-refractivity contribution in [2.75, 3.05) is 0 Å². The smallest absolute Gasteiger partial charge is 0.326 e. The van der Waals surface area contributed by atoms with E-state index in [0.29, 0.717) is 17.8 Å². The molecule has 1 heterocycles. The summed E-state index contributed by atoms with van der Waals surface area (Å²) in [6.07, 6.45) is 1.79. The van der Waals surface area contributed by atoms with Gasteiger partial charge in [-0.15, -0.1) is 0 Å². The number of hydrogen-bond acceptors (Lipinski definition) is 4. The van der Waals surface area contributed by atoms with Crippen LogP contribution in [-0.2, 0) is 4.79 Å². The van der Waals surface area contributed by atoms with E-state index in [-0.39, 0.29) is 5.92 Å². The molecule has 0 bridgehead atoms. The summed E-state index contributed by atoms with van der Waals surface area (Å²) in [6.45, 7) is 3.82. The molecule has 0 saturated heterocycles. The van der Waals surface area contributed by atoms with Gasteiger partial charge >= 0.3 is 5.97 Å². The molecule has 1 aromatic heterocycles. The van der Waals surface area contributed by atoms with Crippen molar-refractivity contribution in [2.45, 2.75) is 26.3 Å². The molecule has 0 aliphatic carbocycles. The number of carboxylic acid groups (broad SMARTS) is 1. The Morgan fingerprint density at radius 3 is 2.45 bits per heavy atom. The molecule has 7 nitrogen and oxygen atoms in total. The van der Waals surface area contributed by atoms with Crippen LogP contribution in [0, 0.1) is 5.92 Å². The normalized spacial score (nSPS) is 12.1. The molecule has 2 rings (SSSR count). The largest absolute Gasteiger partial charge is 0.480 e. The van der Waals surface area contributed by atoms with Crippen molar-refractivity contribution in [3.63, 3.8) is 0 Å². The molecule has 22 heavy (non-hydrogen) atoms. The van der Waals surface area contributed by atoms with Gasteiger partial charge in [-0.25, -0.2) is 9.78 Å². The Labute approximate surface area is 127 Å². The minimum Gasteiger partial charge on any atom is -0.480 e. The third-order valence-corrected chi connectivity index (χ3v) is 3.15. The highest BCUT2D eigenvalue weighted by atomic mass is 16.4. The average molecular weight is 302 g/mol. The maximum atomic E-state index is 12.1. The molecule has 3 N–H and O–H groups in total. The van der Waals surface area contributed by atoms with Crippen LogP contribution in [0.4, 0.5) is 0 Å². The molecule has 0 fully saturated rings. The first-order valence-corrected chi connectivity index (χ1v) is 6.97. The molecule has 116 valence electrons. The molecule has 0 spiro atoms. The fourth-order valence-corrected chi connectivity index (χ4v) is 2.06. The Balaban J connectivity index is 2.07. The maximum Gasteiger partial charge on any atom is 0.326 e. The van der Waals surface area contributed by atoms with E-state index in [1.807, 2.05) is 13.8 Å². The van der Waals surface area contributed by atoms with Crippen LogP contribution in [0.25, 0.3) is 11.4 Å². The number of carbonyl (C=O) groups is 2. The maximum absolute atomic E-state index is 12.1. The number of aromatic nitrogens is 3. The van der Waals surface area contributed by atoms with Gasteiger partial charge in [-0.3, -0.25) is 9.89 Å². The van der Waals surface area contributed by atoms with Crippen LogP contribution in [0.2, 0.25) is 0 Å². The van der Waals surface area contributed by atoms with E-state index in [4.69, 9.17) is 5.11 Å². The minimum absolute atomic E-state index is 0.176. The Morgan fingerprint density at radius 1 is 1.27 bits per heavy atom. The van der Waals surface area contributed by atoms with Gasteiger partial charge in [-0.2, -0.15) is 5.10 Å². The SMILES string of the molecule is CC(C)CC(NC(=O)c1ccc(-c2ncn[nH]2)cc1)C(=O)O. The summed E-state index contributed by atoms with van der Waals surface area (Å²) in [5.41, 5.74) is 1.20. The Morgan fingerprint density at radius 2 is 1.95 bits per heavy atom. The summed E-state index contributed by atoms with van der Waals surface area (Å²) in [5, 5.41) is 18.2. The standard InChI is InChI=1S/C15H18N4O3/c1-9(2)7-12(15(21)22)18-14(20)11-5-3-10(4-6-11)13-16-8-17-19-13/h3-6,8-9,12H,7H2,1-2H3,(H,18,20)(H,21,22)(H,16,17,19). The fraction of sp³-hybridized carbons (Fsp3) is 0.333. The second-order valence-corrected chi connectivity index (χ2v) is 5.41. The van der Waals surface area contributed by atoms with E-state index in [0.717, 1.165) is 5.56 Å². The van der Waals surface area contributed by atoms with Crippen molar-refractivity contribution in [3.05, 3.63) is 36.2 Å². The first-order valence-electron chi connectivity index (χ1n) is 6.97. The molecule has 1 unspecified atom stereocenters. The molecular formula is C15H18N4O3. The molecule has 7 heteroatoms. The zero-order valence-electron chi connectivity index (χ0n) is 12.4. The third-order valence-electron chi connectivity index (χ3n) is 3.15. The lowest BCUT2D eigenvalue weighted by molar-refractivity contribution is -0.139. The molecule has 0 radical (unpaired) electrons. The lowest BCUT2D eigenvalue weighted by Gasteiger charge is -2.16. The van der Waals surface area contributed by atoms with Crippen LogP contribution in [0.5, 0.6) is 0 Å². The van der Waals surface area contributed by atoms with Crippen LogP contribution >= 0.6 is 0 Å². The Kier molecular flexibility index (Phi) is 4.88. The highest BCUT2D eigenvalue weighted by molar-refractivity contribution is 5.96. The molecule has 1 atom stereocenters. The van der Waals surface area contributed by atoms with Crippen LogP contribution in [0.15, 0.2) is 30.6 Å². The van der Waals surface area contributed by atoms with Gasteiger partial charge in [-0.05, 0) is 24.5 Å². The summed E-state index contributed by atoms with van der Waals surface area (Å²) < 4.78 is 0. The van der Waals surface area contributed by atoms with Gasteiger partial charge < -0.3 is 10.4 Å². The van der Waals surface area contributed by atoms with Crippen molar-refractivity contribution in [1.29, 1.82) is 0 Å². The molecule has 1 aromatic carbocycles. The highest BCUT2D eigenvalue weighted by Crippen LogP contribution is 2.15. The van der Waals surface area contributed by atoms with Gasteiger partial charge in [0.25, 0.3) is 5.91 Å². The van der Waals surface area contributed by atoms with E-state index in [1.165, 1.54) is 6.33 Å². The summed E-state index contributed by atoms with van der Waals surface area (Å²) in [5.74, 6) is -0.650. The van der Waals surface area contributed by atoms with Gasteiger partial charge in [-0.1, -0.05) is 26.0 Å². The van der Waals surface area contributed by atoms with Crippen LogP contribution < -0.4 is 5.32 Å². The Bertz CT molecular complexity index is 635. The van der Waals surface area contributed by atoms with Crippen LogP contribution in [0.3, 0.4) is 0 Å². The number of H-pyrrole nitrogens is 1. The number of rotatable bonds is 6. The predicted octanol–water partition coefficient (Wildman–Crippen LogP) is 1.70. The van der Waals surface area contributed by atoms with Crippen molar-refractivity contribution in [1.82, 2.24) is 20.5 Å². The second kappa shape index (κ2) is 6.84. The van der Waals surface area contributed by atoms with E-state index >= 15 is 0 Å². The molecular weight excluding hydrogens is 284 g/mol. The zero-order valence-corrected chi connectivity index (χ0v) is 12.4. The first kappa shape index (κ1) is 15.7. The van der Waals surface area contributed by atoms with Crippen molar-refractivity contribution in [3.8, 4) is 11.4 Å². The lowest BCUT2D eigenvalue weighted by atomic mass is 10.0. The molecule has 1 amide bonds.